The van der Waals surface area contributed by atoms with E-state index in [1.165, 1.54) is 18.9 Å². The molecule has 1 aromatic carbocycles. The average Bonchev–Trinajstić information content (AvgIpc) is 3.00. The Balaban J connectivity index is 2.05. The molecule has 1 aliphatic rings. The predicted molar refractivity (Wildman–Crippen MR) is 71.3 cm³/mol. The van der Waals surface area contributed by atoms with Crippen LogP contribution in [0.3, 0.4) is 0 Å². The summed E-state index contributed by atoms with van der Waals surface area (Å²) < 4.78 is 13.4. The Kier molecular flexibility index (Phi) is 3.74. The normalized spacial score (nSPS) is 15.2. The van der Waals surface area contributed by atoms with E-state index < -0.39 is 0 Å². The first-order valence-corrected chi connectivity index (χ1v) is 6.23. The fourth-order valence-electron chi connectivity index (χ4n) is 2.00. The maximum absolute atomic E-state index is 13.4. The summed E-state index contributed by atoms with van der Waals surface area (Å²) in [5.41, 5.74) is 7.06. The smallest absolute Gasteiger partial charge is 0.124 e. The minimum absolute atomic E-state index is 0.246. The van der Waals surface area contributed by atoms with E-state index in [0.29, 0.717) is 5.56 Å². The minimum atomic E-state index is -0.273. The SMILES string of the molecule is CN(Cc1cc(F)cc(C(N)=S)c1)CC1CC1. The molecule has 0 saturated heterocycles. The highest BCUT2D eigenvalue weighted by Gasteiger charge is 2.22. The highest BCUT2D eigenvalue weighted by atomic mass is 32.1. The molecule has 1 saturated carbocycles. The summed E-state index contributed by atoms with van der Waals surface area (Å²) in [7, 11) is 2.06. The summed E-state index contributed by atoms with van der Waals surface area (Å²) in [5.74, 6) is 0.564. The Morgan fingerprint density at radius 2 is 2.18 bits per heavy atom. The van der Waals surface area contributed by atoms with Crippen LogP contribution in [0, 0.1) is 11.7 Å². The molecule has 0 bridgehead atoms. The van der Waals surface area contributed by atoms with E-state index in [1.54, 1.807) is 6.07 Å². The summed E-state index contributed by atoms with van der Waals surface area (Å²) in [6.45, 7) is 1.82. The van der Waals surface area contributed by atoms with Crippen LogP contribution in [0.4, 0.5) is 4.39 Å². The standard InChI is InChI=1S/C13H17FN2S/c1-16(7-9-2-3-9)8-10-4-11(13(15)17)6-12(14)5-10/h4-6,9H,2-3,7-8H2,1H3,(H2,15,17). The molecule has 0 atom stereocenters. The Morgan fingerprint density at radius 3 is 2.76 bits per heavy atom. The lowest BCUT2D eigenvalue weighted by molar-refractivity contribution is 0.312. The Labute approximate surface area is 107 Å². The molecule has 17 heavy (non-hydrogen) atoms. The molecule has 1 fully saturated rings. The van der Waals surface area contributed by atoms with Crippen molar-refractivity contribution in [2.75, 3.05) is 13.6 Å². The van der Waals surface area contributed by atoms with E-state index in [0.717, 1.165) is 24.6 Å². The molecule has 0 aliphatic heterocycles. The minimum Gasteiger partial charge on any atom is -0.389 e. The number of benzene rings is 1. The molecule has 0 unspecified atom stereocenters. The van der Waals surface area contributed by atoms with Gasteiger partial charge in [-0.05, 0) is 49.6 Å². The molecule has 0 radical (unpaired) electrons. The van der Waals surface area contributed by atoms with Gasteiger partial charge in [0.2, 0.25) is 0 Å². The second-order valence-electron chi connectivity index (χ2n) is 4.85. The lowest BCUT2D eigenvalue weighted by Crippen LogP contribution is -2.21. The third-order valence-electron chi connectivity index (χ3n) is 2.96. The van der Waals surface area contributed by atoms with Crippen molar-refractivity contribution in [3.8, 4) is 0 Å². The fraction of sp³-hybridized carbons (Fsp3) is 0.462. The molecule has 4 heteroatoms. The first-order chi connectivity index (χ1) is 8.04. The molecule has 0 spiro atoms. The van der Waals surface area contributed by atoms with Gasteiger partial charge in [0.25, 0.3) is 0 Å². The van der Waals surface area contributed by atoms with Crippen molar-refractivity contribution in [1.29, 1.82) is 0 Å². The second-order valence-corrected chi connectivity index (χ2v) is 5.29. The molecule has 0 aromatic heterocycles. The number of hydrogen-bond acceptors (Lipinski definition) is 2. The van der Waals surface area contributed by atoms with Crippen LogP contribution in [0.1, 0.15) is 24.0 Å². The van der Waals surface area contributed by atoms with Gasteiger partial charge < -0.3 is 10.6 Å². The Hall–Kier alpha value is -1.00. The molecule has 1 aliphatic carbocycles. The molecule has 2 N–H and O–H groups in total. The summed E-state index contributed by atoms with van der Waals surface area (Å²) in [6.07, 6.45) is 2.65. The van der Waals surface area contributed by atoms with Gasteiger partial charge in [-0.15, -0.1) is 0 Å². The van der Waals surface area contributed by atoms with Gasteiger partial charge in [0.05, 0.1) is 0 Å². The van der Waals surface area contributed by atoms with Crippen LogP contribution in [-0.2, 0) is 6.54 Å². The third kappa shape index (κ3) is 3.75. The molecule has 1 aromatic rings. The van der Waals surface area contributed by atoms with Crippen LogP contribution in [0.25, 0.3) is 0 Å². The Bertz CT molecular complexity index is 429. The number of thiocarbonyl (C=S) groups is 1. The lowest BCUT2D eigenvalue weighted by Gasteiger charge is -2.16. The topological polar surface area (TPSA) is 29.3 Å². The van der Waals surface area contributed by atoms with Gasteiger partial charge in [-0.1, -0.05) is 12.2 Å². The number of hydrogen-bond donors (Lipinski definition) is 1. The van der Waals surface area contributed by atoms with Crippen molar-refractivity contribution in [3.63, 3.8) is 0 Å². The van der Waals surface area contributed by atoms with E-state index in [4.69, 9.17) is 18.0 Å². The van der Waals surface area contributed by atoms with Gasteiger partial charge in [0.15, 0.2) is 0 Å². The van der Waals surface area contributed by atoms with Crippen LogP contribution < -0.4 is 5.73 Å². The summed E-state index contributed by atoms with van der Waals surface area (Å²) in [4.78, 5) is 2.46. The largest absolute Gasteiger partial charge is 0.389 e. The van der Waals surface area contributed by atoms with Gasteiger partial charge in [0, 0.05) is 18.7 Å². The van der Waals surface area contributed by atoms with Gasteiger partial charge in [0.1, 0.15) is 10.8 Å². The van der Waals surface area contributed by atoms with E-state index in [2.05, 4.69) is 11.9 Å². The number of nitrogens with two attached hydrogens (primary N) is 1. The van der Waals surface area contributed by atoms with Gasteiger partial charge >= 0.3 is 0 Å². The van der Waals surface area contributed by atoms with E-state index in [9.17, 15) is 4.39 Å². The molecule has 0 amide bonds. The van der Waals surface area contributed by atoms with Crippen molar-refractivity contribution in [3.05, 3.63) is 35.1 Å². The van der Waals surface area contributed by atoms with Crippen LogP contribution in [-0.4, -0.2) is 23.5 Å². The van der Waals surface area contributed by atoms with Crippen molar-refractivity contribution in [1.82, 2.24) is 4.90 Å². The van der Waals surface area contributed by atoms with Crippen LogP contribution >= 0.6 is 12.2 Å². The first-order valence-electron chi connectivity index (χ1n) is 5.82. The fourth-order valence-corrected chi connectivity index (χ4v) is 2.12. The molecule has 0 heterocycles. The zero-order valence-corrected chi connectivity index (χ0v) is 10.8. The zero-order chi connectivity index (χ0) is 12.4. The van der Waals surface area contributed by atoms with E-state index in [1.807, 2.05) is 6.07 Å². The quantitative estimate of drug-likeness (QED) is 0.815. The van der Waals surface area contributed by atoms with Gasteiger partial charge in [-0.25, -0.2) is 4.39 Å². The van der Waals surface area contributed by atoms with Crippen molar-refractivity contribution >= 4 is 17.2 Å². The molecule has 2 rings (SSSR count). The maximum Gasteiger partial charge on any atom is 0.124 e. The number of halogens is 1. The molecule has 92 valence electrons. The highest BCUT2D eigenvalue weighted by molar-refractivity contribution is 7.80. The van der Waals surface area contributed by atoms with Crippen LogP contribution in [0.2, 0.25) is 0 Å². The summed E-state index contributed by atoms with van der Waals surface area (Å²) in [5, 5.41) is 0. The average molecular weight is 252 g/mol. The number of rotatable bonds is 5. The summed E-state index contributed by atoms with van der Waals surface area (Å²) >= 11 is 4.87. The molecular weight excluding hydrogens is 235 g/mol. The third-order valence-corrected chi connectivity index (χ3v) is 3.20. The van der Waals surface area contributed by atoms with Gasteiger partial charge in [-0.2, -0.15) is 0 Å². The van der Waals surface area contributed by atoms with Crippen LogP contribution in [0.15, 0.2) is 18.2 Å². The summed E-state index contributed by atoms with van der Waals surface area (Å²) in [6, 6.07) is 4.80. The molecule has 2 nitrogen and oxygen atoms in total. The monoisotopic (exact) mass is 252 g/mol. The zero-order valence-electron chi connectivity index (χ0n) is 9.95. The second kappa shape index (κ2) is 5.10. The highest BCUT2D eigenvalue weighted by Crippen LogP contribution is 2.29. The maximum atomic E-state index is 13.4. The first kappa shape index (κ1) is 12.5. The van der Waals surface area contributed by atoms with E-state index >= 15 is 0 Å². The lowest BCUT2D eigenvalue weighted by atomic mass is 10.1. The Morgan fingerprint density at radius 1 is 1.47 bits per heavy atom. The molecular formula is C13H17FN2S. The van der Waals surface area contributed by atoms with Crippen molar-refractivity contribution in [2.45, 2.75) is 19.4 Å². The van der Waals surface area contributed by atoms with E-state index in [-0.39, 0.29) is 10.8 Å². The van der Waals surface area contributed by atoms with Gasteiger partial charge in [-0.3, -0.25) is 0 Å². The van der Waals surface area contributed by atoms with Crippen molar-refractivity contribution in [2.24, 2.45) is 11.7 Å². The van der Waals surface area contributed by atoms with Crippen LogP contribution in [0.5, 0.6) is 0 Å². The van der Waals surface area contributed by atoms with Crippen molar-refractivity contribution < 1.29 is 4.39 Å². The number of nitrogens with zero attached hydrogens (tertiary/aromatic N) is 1. The predicted octanol–water partition coefficient (Wildman–Crippen LogP) is 2.30.